The number of aryl methyl sites for hydroxylation is 2. The Hall–Kier alpha value is -3.91. The topological polar surface area (TPSA) is 115 Å². The minimum Gasteiger partial charge on any atom is -0.438 e. The Balaban J connectivity index is 1.54. The predicted molar refractivity (Wildman–Crippen MR) is 131 cm³/mol. The summed E-state index contributed by atoms with van der Waals surface area (Å²) in [5.74, 6) is 1.27. The van der Waals surface area contributed by atoms with Crippen molar-refractivity contribution in [3.05, 3.63) is 46.2 Å². The van der Waals surface area contributed by atoms with E-state index in [1.165, 1.54) is 6.08 Å². The van der Waals surface area contributed by atoms with Gasteiger partial charge in [0.05, 0.1) is 29.2 Å². The Bertz CT molecular complexity index is 1320. The lowest BCUT2D eigenvalue weighted by molar-refractivity contribution is -0.0665. The molecule has 1 unspecified atom stereocenters. The number of nitriles is 2. The lowest BCUT2D eigenvalue weighted by Gasteiger charge is -2.66. The summed E-state index contributed by atoms with van der Waals surface area (Å²) in [4.78, 5) is 24.5. The molecule has 3 aliphatic carbocycles. The number of allylic oxidation sites excluding steroid dienone is 1. The predicted octanol–water partition coefficient (Wildman–Crippen LogP) is 5.21. The Morgan fingerprint density at radius 3 is 2.43 bits per heavy atom. The Labute approximate surface area is 205 Å². The van der Waals surface area contributed by atoms with Crippen LogP contribution in [-0.4, -0.2) is 32.4 Å². The lowest BCUT2D eigenvalue weighted by Crippen LogP contribution is -2.70. The maximum absolute atomic E-state index is 13.3. The van der Waals surface area contributed by atoms with Crippen molar-refractivity contribution < 1.29 is 9.53 Å². The van der Waals surface area contributed by atoms with Gasteiger partial charge in [-0.05, 0) is 88.8 Å². The van der Waals surface area contributed by atoms with Crippen molar-refractivity contribution in [2.75, 3.05) is 5.32 Å². The summed E-state index contributed by atoms with van der Waals surface area (Å²) in [6, 6.07) is 8.11. The van der Waals surface area contributed by atoms with E-state index >= 15 is 0 Å². The van der Waals surface area contributed by atoms with E-state index in [0.29, 0.717) is 28.8 Å². The number of carbonyl (C=O) groups excluding carboxylic acids is 1. The van der Waals surface area contributed by atoms with Gasteiger partial charge in [0, 0.05) is 17.7 Å². The van der Waals surface area contributed by atoms with Gasteiger partial charge in [-0.3, -0.25) is 4.79 Å². The van der Waals surface area contributed by atoms with Gasteiger partial charge < -0.3 is 15.0 Å². The van der Waals surface area contributed by atoms with E-state index in [9.17, 15) is 10.1 Å². The standard InChI is InChI=1S/C27H28N6O2/c1-15(2)33-18(5)20-21(24(33)34)30-25(32-27-11-26(12-27,13-27)14-29)31-23(20)35-22-16(3)9-19(7-6-8-28)10-17(22)4/h6-7,9-10,15,18H,11-13H2,1-5H3,(H,30,31,32)/b7-6+. The molecule has 1 atom stereocenters. The first-order chi connectivity index (χ1) is 16.6. The Morgan fingerprint density at radius 2 is 1.86 bits per heavy atom. The molecule has 2 bridgehead atoms. The smallest absolute Gasteiger partial charge is 0.273 e. The van der Waals surface area contributed by atoms with Gasteiger partial charge in [-0.25, -0.2) is 4.98 Å². The van der Waals surface area contributed by atoms with Gasteiger partial charge in [0.25, 0.3) is 5.91 Å². The molecular weight excluding hydrogens is 440 g/mol. The molecule has 1 N–H and O–H groups in total. The Morgan fingerprint density at radius 1 is 1.20 bits per heavy atom. The van der Waals surface area contributed by atoms with Crippen molar-refractivity contribution >= 4 is 17.9 Å². The number of aromatic nitrogens is 2. The molecule has 0 saturated heterocycles. The first kappa shape index (κ1) is 22.9. The van der Waals surface area contributed by atoms with Crippen LogP contribution in [0, 0.1) is 41.9 Å². The quantitative estimate of drug-likeness (QED) is 0.579. The Kier molecular flexibility index (Phi) is 5.10. The lowest BCUT2D eigenvalue weighted by atomic mass is 9.40. The largest absolute Gasteiger partial charge is 0.438 e. The fraction of sp³-hybridized carbons (Fsp3) is 0.444. The molecule has 1 aromatic heterocycles. The van der Waals surface area contributed by atoms with E-state index in [-0.39, 0.29) is 28.9 Å². The van der Waals surface area contributed by atoms with Crippen molar-refractivity contribution in [3.8, 4) is 23.8 Å². The number of amides is 1. The van der Waals surface area contributed by atoms with Crippen LogP contribution in [0.3, 0.4) is 0 Å². The average molecular weight is 469 g/mol. The van der Waals surface area contributed by atoms with E-state index in [0.717, 1.165) is 36.0 Å². The molecule has 3 fully saturated rings. The monoisotopic (exact) mass is 468 g/mol. The maximum atomic E-state index is 13.3. The minimum atomic E-state index is -0.225. The third-order valence-electron chi connectivity index (χ3n) is 7.42. The van der Waals surface area contributed by atoms with Crippen molar-refractivity contribution in [2.45, 2.75) is 71.5 Å². The van der Waals surface area contributed by atoms with E-state index < -0.39 is 0 Å². The van der Waals surface area contributed by atoms with E-state index in [1.807, 2.05) is 52.8 Å². The van der Waals surface area contributed by atoms with Crippen LogP contribution in [0.1, 0.15) is 78.8 Å². The second kappa shape index (κ2) is 7.81. The maximum Gasteiger partial charge on any atom is 0.273 e. The molecule has 2 aromatic rings. The number of rotatable bonds is 6. The fourth-order valence-electron chi connectivity index (χ4n) is 5.99. The van der Waals surface area contributed by atoms with Gasteiger partial charge in [0.15, 0.2) is 0 Å². The van der Waals surface area contributed by atoms with Crippen LogP contribution >= 0.6 is 0 Å². The van der Waals surface area contributed by atoms with Gasteiger partial charge >= 0.3 is 0 Å². The number of hydrogen-bond donors (Lipinski definition) is 1. The number of benzene rings is 1. The molecule has 3 saturated carbocycles. The van der Waals surface area contributed by atoms with Gasteiger partial charge in [-0.2, -0.15) is 15.5 Å². The molecule has 8 heteroatoms. The molecule has 1 amide bonds. The molecule has 35 heavy (non-hydrogen) atoms. The normalized spacial score (nSPS) is 26.1. The summed E-state index contributed by atoms with van der Waals surface area (Å²) in [5, 5.41) is 21.6. The van der Waals surface area contributed by atoms with Gasteiger partial charge in [0.2, 0.25) is 11.8 Å². The van der Waals surface area contributed by atoms with Crippen molar-refractivity contribution in [2.24, 2.45) is 5.41 Å². The molecule has 2 heterocycles. The van der Waals surface area contributed by atoms with Crippen molar-refractivity contribution in [1.82, 2.24) is 14.9 Å². The van der Waals surface area contributed by atoms with Crippen LogP contribution in [0.15, 0.2) is 18.2 Å². The highest BCUT2D eigenvalue weighted by Gasteiger charge is 2.69. The van der Waals surface area contributed by atoms with Crippen LogP contribution in [0.4, 0.5) is 5.95 Å². The van der Waals surface area contributed by atoms with Gasteiger partial charge in [0.1, 0.15) is 11.4 Å². The number of nitrogens with one attached hydrogen (secondary N) is 1. The second-order valence-electron chi connectivity index (χ2n) is 10.5. The summed E-state index contributed by atoms with van der Waals surface area (Å²) in [5.41, 5.74) is 3.38. The molecule has 8 nitrogen and oxygen atoms in total. The second-order valence-corrected chi connectivity index (χ2v) is 10.5. The number of hydrogen-bond acceptors (Lipinski definition) is 7. The highest BCUT2D eigenvalue weighted by atomic mass is 16.5. The van der Waals surface area contributed by atoms with Crippen LogP contribution in [0.2, 0.25) is 0 Å². The van der Waals surface area contributed by atoms with E-state index in [4.69, 9.17) is 15.0 Å². The number of fused-ring (bicyclic) bond motifs is 1. The molecule has 178 valence electrons. The van der Waals surface area contributed by atoms with Crippen molar-refractivity contribution in [3.63, 3.8) is 0 Å². The highest BCUT2D eigenvalue weighted by Crippen LogP contribution is 2.67. The summed E-state index contributed by atoms with van der Waals surface area (Å²) in [6.07, 6.45) is 5.51. The number of nitrogens with zero attached hydrogens (tertiary/aromatic N) is 5. The summed E-state index contributed by atoms with van der Waals surface area (Å²) in [6.45, 7) is 9.84. The summed E-state index contributed by atoms with van der Waals surface area (Å²) in [7, 11) is 0. The molecular formula is C27H28N6O2. The van der Waals surface area contributed by atoms with Crippen LogP contribution in [0.25, 0.3) is 6.08 Å². The molecule has 1 aliphatic heterocycles. The summed E-state index contributed by atoms with van der Waals surface area (Å²) < 4.78 is 6.44. The average Bonchev–Trinajstić information content (AvgIpc) is 3.00. The molecule has 0 radical (unpaired) electrons. The zero-order valence-electron chi connectivity index (χ0n) is 20.6. The number of anilines is 1. The fourth-order valence-corrected chi connectivity index (χ4v) is 5.99. The zero-order valence-corrected chi connectivity index (χ0v) is 20.6. The highest BCUT2D eigenvalue weighted by molar-refractivity contribution is 5.98. The minimum absolute atomic E-state index is 0.00117. The van der Waals surface area contributed by atoms with E-state index in [1.54, 1.807) is 11.0 Å². The SMILES string of the molecule is Cc1cc(/C=C/C#N)cc(C)c1Oc1nc(NC23CC(C#N)(C2)C3)nc2c1C(C)N(C(C)C)C2=O. The third kappa shape index (κ3) is 3.52. The van der Waals surface area contributed by atoms with Crippen molar-refractivity contribution in [1.29, 1.82) is 10.5 Å². The summed E-state index contributed by atoms with van der Waals surface area (Å²) >= 11 is 0. The molecule has 6 rings (SSSR count). The van der Waals surface area contributed by atoms with Gasteiger partial charge in [-0.1, -0.05) is 0 Å². The van der Waals surface area contributed by atoms with Crippen LogP contribution in [-0.2, 0) is 0 Å². The number of carbonyl (C=O) groups is 1. The first-order valence-corrected chi connectivity index (χ1v) is 11.9. The molecule has 4 aliphatic rings. The molecule has 0 spiro atoms. The van der Waals surface area contributed by atoms with E-state index in [2.05, 4.69) is 16.4 Å². The van der Waals surface area contributed by atoms with Gasteiger partial charge in [-0.15, -0.1) is 0 Å². The number of ether oxygens (including phenoxy) is 1. The zero-order chi connectivity index (χ0) is 25.1. The first-order valence-electron chi connectivity index (χ1n) is 11.9. The third-order valence-corrected chi connectivity index (χ3v) is 7.42. The molecule has 1 aromatic carbocycles. The van der Waals surface area contributed by atoms with Crippen LogP contribution < -0.4 is 10.1 Å². The van der Waals surface area contributed by atoms with Crippen LogP contribution in [0.5, 0.6) is 11.6 Å².